The second-order valence-corrected chi connectivity index (χ2v) is 11.2. The van der Waals surface area contributed by atoms with Gasteiger partial charge in [-0.15, -0.1) is 0 Å². The van der Waals surface area contributed by atoms with Crippen LogP contribution in [0.25, 0.3) is 22.2 Å². The van der Waals surface area contributed by atoms with Crippen LogP contribution < -0.4 is 4.90 Å². The van der Waals surface area contributed by atoms with Gasteiger partial charge in [-0.05, 0) is 66.2 Å². The Bertz CT molecular complexity index is 1460. The summed E-state index contributed by atoms with van der Waals surface area (Å²) in [5.41, 5.74) is -2.69. The van der Waals surface area contributed by atoms with Gasteiger partial charge in [0.05, 0.1) is 21.8 Å². The normalized spacial score (nSPS) is 16.7. The summed E-state index contributed by atoms with van der Waals surface area (Å²) >= 11 is 6.49. The van der Waals surface area contributed by atoms with Crippen molar-refractivity contribution in [2.45, 2.75) is 66.3 Å². The molecule has 12 heteroatoms. The Morgan fingerprint density at radius 1 is 1.08 bits per heavy atom. The number of fused-ring (bicyclic) bond motifs is 1. The number of carbonyl (C=O) groups is 1. The molecule has 4 rings (SSSR count). The lowest BCUT2D eigenvalue weighted by molar-refractivity contribution is -0.137. The zero-order valence-electron chi connectivity index (χ0n) is 22.8. The summed E-state index contributed by atoms with van der Waals surface area (Å²) < 4.78 is 63.7. The molecule has 1 amide bonds. The Balaban J connectivity index is 1.82. The lowest BCUT2D eigenvalue weighted by atomic mass is 9.98. The number of pyridine rings is 1. The van der Waals surface area contributed by atoms with Crippen LogP contribution in [0.2, 0.25) is 5.02 Å². The Labute approximate surface area is 229 Å². The smallest absolute Gasteiger partial charge is 0.418 e. The monoisotopic (exact) mass is 567 g/mol. The van der Waals surface area contributed by atoms with E-state index in [1.807, 2.05) is 11.8 Å². The van der Waals surface area contributed by atoms with Crippen molar-refractivity contribution in [1.29, 1.82) is 0 Å². The van der Waals surface area contributed by atoms with Crippen molar-refractivity contribution in [2.75, 3.05) is 24.5 Å². The van der Waals surface area contributed by atoms with Crippen LogP contribution in [-0.2, 0) is 10.9 Å². The van der Waals surface area contributed by atoms with Gasteiger partial charge in [-0.1, -0.05) is 11.6 Å². The number of carbonyl (C=O) groups excluding carboxylic acids is 1. The minimum Gasteiger partial charge on any atom is -0.444 e. The molecule has 7 nitrogen and oxygen atoms in total. The van der Waals surface area contributed by atoms with Crippen LogP contribution in [0.1, 0.15) is 50.3 Å². The summed E-state index contributed by atoms with van der Waals surface area (Å²) in [5.74, 6) is -0.395. The molecule has 210 valence electrons. The molecule has 2 aromatic heterocycles. The number of nitrogens with zero attached hydrogens (tertiary/aromatic N) is 5. The number of rotatable bonds is 2. The summed E-state index contributed by atoms with van der Waals surface area (Å²) in [6.45, 7) is 12.7. The largest absolute Gasteiger partial charge is 0.444 e. The maximum Gasteiger partial charge on any atom is 0.418 e. The zero-order valence-corrected chi connectivity index (χ0v) is 23.6. The second-order valence-electron chi connectivity index (χ2n) is 10.8. The van der Waals surface area contributed by atoms with Gasteiger partial charge in [-0.3, -0.25) is 4.98 Å². The number of amides is 1. The molecule has 0 radical (unpaired) electrons. The van der Waals surface area contributed by atoms with E-state index in [9.17, 15) is 18.0 Å². The number of hydrogen-bond donors (Lipinski definition) is 0. The van der Waals surface area contributed by atoms with E-state index in [0.717, 1.165) is 0 Å². The predicted molar refractivity (Wildman–Crippen MR) is 142 cm³/mol. The Kier molecular flexibility index (Phi) is 7.44. The Morgan fingerprint density at radius 2 is 1.74 bits per heavy atom. The molecule has 0 aliphatic carbocycles. The van der Waals surface area contributed by atoms with Crippen LogP contribution in [0.3, 0.4) is 0 Å². The van der Waals surface area contributed by atoms with E-state index < -0.39 is 40.5 Å². The third-order valence-electron chi connectivity index (χ3n) is 6.39. The maximum atomic E-state index is 16.1. The first kappa shape index (κ1) is 28.8. The molecule has 0 saturated carbocycles. The number of aromatic nitrogens is 3. The number of aryl methyl sites for hydroxylation is 3. The standard InChI is InChI=1S/C27H30ClF4N5O2/c1-13-10-14(2)33-23(20(13)27(30,31)32)19-18(28)11-17-22(21(19)29)34-16(4)35-24(17)37-9-8-36(12-15(37)3)25(38)39-26(5,6)7/h10-11,15H,8-9,12H2,1-7H3/t15-/m0/s1. The van der Waals surface area contributed by atoms with Crippen LogP contribution in [0.15, 0.2) is 12.1 Å². The van der Waals surface area contributed by atoms with Crippen molar-refractivity contribution < 1.29 is 27.1 Å². The van der Waals surface area contributed by atoms with E-state index in [1.54, 1.807) is 32.6 Å². The molecule has 39 heavy (non-hydrogen) atoms. The number of ether oxygens (including phenoxy) is 1. The molecule has 1 fully saturated rings. The van der Waals surface area contributed by atoms with Crippen molar-refractivity contribution in [3.63, 3.8) is 0 Å². The predicted octanol–water partition coefficient (Wildman–Crippen LogP) is 6.87. The highest BCUT2D eigenvalue weighted by molar-refractivity contribution is 6.34. The molecule has 1 saturated heterocycles. The first-order valence-corrected chi connectivity index (χ1v) is 12.8. The van der Waals surface area contributed by atoms with E-state index >= 15 is 4.39 Å². The molecular formula is C27H30ClF4N5O2. The lowest BCUT2D eigenvalue weighted by Crippen LogP contribution is -2.55. The molecule has 1 aromatic carbocycles. The molecular weight excluding hydrogens is 538 g/mol. The molecule has 3 aromatic rings. The quantitative estimate of drug-likeness (QED) is 0.315. The summed E-state index contributed by atoms with van der Waals surface area (Å²) in [6, 6.07) is 2.45. The molecule has 1 atom stereocenters. The number of alkyl halides is 3. The summed E-state index contributed by atoms with van der Waals surface area (Å²) in [5, 5.41) is 0.0131. The summed E-state index contributed by atoms with van der Waals surface area (Å²) in [4.78, 5) is 28.9. The van der Waals surface area contributed by atoms with Crippen LogP contribution in [-0.4, -0.2) is 57.2 Å². The fraction of sp³-hybridized carbons (Fsp3) is 0.481. The number of halogens is 5. The SMILES string of the molecule is Cc1cc(C)c(C(F)(F)F)c(-c2c(Cl)cc3c(N4CCN(C(=O)OC(C)(C)C)C[C@@H]4C)nc(C)nc3c2F)n1. The summed E-state index contributed by atoms with van der Waals surface area (Å²) in [7, 11) is 0. The van der Waals surface area contributed by atoms with E-state index in [0.29, 0.717) is 31.1 Å². The first-order valence-electron chi connectivity index (χ1n) is 12.4. The van der Waals surface area contributed by atoms with E-state index in [1.165, 1.54) is 26.0 Å². The minimum atomic E-state index is -4.78. The van der Waals surface area contributed by atoms with Gasteiger partial charge in [0.15, 0.2) is 5.82 Å². The number of hydrogen-bond acceptors (Lipinski definition) is 6. The van der Waals surface area contributed by atoms with Crippen molar-refractivity contribution >= 4 is 34.4 Å². The van der Waals surface area contributed by atoms with E-state index in [-0.39, 0.29) is 33.4 Å². The second kappa shape index (κ2) is 10.1. The van der Waals surface area contributed by atoms with Gasteiger partial charge in [0, 0.05) is 36.8 Å². The van der Waals surface area contributed by atoms with Crippen molar-refractivity contribution in [3.05, 3.63) is 45.6 Å². The number of piperazine rings is 1. The van der Waals surface area contributed by atoms with Gasteiger partial charge in [-0.25, -0.2) is 19.2 Å². The third kappa shape index (κ3) is 5.73. The van der Waals surface area contributed by atoms with Crippen LogP contribution in [0.5, 0.6) is 0 Å². The highest BCUT2D eigenvalue weighted by atomic mass is 35.5. The molecule has 0 spiro atoms. The molecule has 1 aliphatic heterocycles. The van der Waals surface area contributed by atoms with Gasteiger partial charge in [0.25, 0.3) is 0 Å². The zero-order chi connectivity index (χ0) is 29.0. The fourth-order valence-corrected chi connectivity index (χ4v) is 5.15. The van der Waals surface area contributed by atoms with Crippen molar-refractivity contribution in [3.8, 4) is 11.3 Å². The topological polar surface area (TPSA) is 71.5 Å². The lowest BCUT2D eigenvalue weighted by Gasteiger charge is -2.41. The van der Waals surface area contributed by atoms with Gasteiger partial charge < -0.3 is 14.5 Å². The van der Waals surface area contributed by atoms with Crippen molar-refractivity contribution in [1.82, 2.24) is 19.9 Å². The van der Waals surface area contributed by atoms with Gasteiger partial charge in [-0.2, -0.15) is 13.2 Å². The van der Waals surface area contributed by atoms with E-state index in [4.69, 9.17) is 16.3 Å². The van der Waals surface area contributed by atoms with Crippen LogP contribution >= 0.6 is 11.6 Å². The highest BCUT2D eigenvalue weighted by Crippen LogP contribution is 2.44. The first-order chi connectivity index (χ1) is 18.0. The molecule has 0 N–H and O–H groups in total. The molecule has 0 unspecified atom stereocenters. The van der Waals surface area contributed by atoms with Crippen LogP contribution in [0.4, 0.5) is 28.2 Å². The molecule has 1 aliphatic rings. The molecule has 3 heterocycles. The van der Waals surface area contributed by atoms with Gasteiger partial charge in [0.2, 0.25) is 0 Å². The van der Waals surface area contributed by atoms with Crippen LogP contribution in [0, 0.1) is 26.6 Å². The highest BCUT2D eigenvalue weighted by Gasteiger charge is 2.39. The minimum absolute atomic E-state index is 0.0863. The third-order valence-corrected chi connectivity index (χ3v) is 6.69. The number of anilines is 1. The average Bonchev–Trinajstić information content (AvgIpc) is 2.77. The molecule has 0 bridgehead atoms. The maximum absolute atomic E-state index is 16.1. The Hall–Kier alpha value is -3.21. The Morgan fingerprint density at radius 3 is 2.33 bits per heavy atom. The average molecular weight is 568 g/mol. The van der Waals surface area contributed by atoms with Gasteiger partial charge >= 0.3 is 12.3 Å². The fourth-order valence-electron chi connectivity index (χ4n) is 4.86. The van der Waals surface area contributed by atoms with Crippen molar-refractivity contribution in [2.24, 2.45) is 0 Å². The number of benzene rings is 1. The van der Waals surface area contributed by atoms with Gasteiger partial charge in [0.1, 0.15) is 22.8 Å². The van der Waals surface area contributed by atoms with E-state index in [2.05, 4.69) is 15.0 Å². The summed E-state index contributed by atoms with van der Waals surface area (Å²) in [6.07, 6.45) is -5.21.